The van der Waals surface area contributed by atoms with Gasteiger partial charge < -0.3 is 4.74 Å². The lowest BCUT2D eigenvalue weighted by atomic mass is 9.82. The number of cyclic esters (lactones) is 1. The van der Waals surface area contributed by atoms with E-state index in [4.69, 9.17) is 4.74 Å². The van der Waals surface area contributed by atoms with Crippen LogP contribution in [0.5, 0.6) is 0 Å². The fraction of sp³-hybridized carbons (Fsp3) is 0.143. The fourth-order valence-corrected chi connectivity index (χ4v) is 1.64. The maximum atomic E-state index is 12.3. The van der Waals surface area contributed by atoms with Crippen LogP contribution in [0.3, 0.4) is 0 Å². The number of hydrogen-bond donors (Lipinski definition) is 0. The minimum atomic E-state index is -1.26. The molecule has 3 heteroatoms. The van der Waals surface area contributed by atoms with Gasteiger partial charge in [-0.25, -0.2) is 0 Å². The normalized spacial score (nSPS) is 23.0. The van der Waals surface area contributed by atoms with E-state index in [0.29, 0.717) is 5.56 Å². The quantitative estimate of drug-likeness (QED) is 0.443. The van der Waals surface area contributed by atoms with E-state index in [-0.39, 0.29) is 5.78 Å². The third kappa shape index (κ3) is 2.04. The molecule has 0 spiro atoms. The Morgan fingerprint density at radius 2 is 1.88 bits per heavy atom. The lowest BCUT2D eigenvalue weighted by Crippen LogP contribution is -2.35. The second-order valence-corrected chi connectivity index (χ2v) is 3.99. The van der Waals surface area contributed by atoms with Crippen LogP contribution < -0.4 is 0 Å². The Hall–Kier alpha value is -2.16. The van der Waals surface area contributed by atoms with Gasteiger partial charge in [0.15, 0.2) is 5.78 Å². The average molecular weight is 228 g/mol. The van der Waals surface area contributed by atoms with Crippen LogP contribution in [0.4, 0.5) is 0 Å². The van der Waals surface area contributed by atoms with Crippen LogP contribution in [0.25, 0.3) is 0 Å². The topological polar surface area (TPSA) is 43.4 Å². The zero-order valence-corrected chi connectivity index (χ0v) is 9.42. The van der Waals surface area contributed by atoms with Gasteiger partial charge in [-0.05, 0) is 13.0 Å². The summed E-state index contributed by atoms with van der Waals surface area (Å²) in [6.45, 7) is 1.56. The highest BCUT2D eigenvalue weighted by atomic mass is 16.5. The van der Waals surface area contributed by atoms with Crippen LogP contribution in [0.15, 0.2) is 54.8 Å². The summed E-state index contributed by atoms with van der Waals surface area (Å²) in [6.07, 6.45) is 6.07. The van der Waals surface area contributed by atoms with Crippen molar-refractivity contribution in [1.29, 1.82) is 0 Å². The van der Waals surface area contributed by atoms with E-state index in [1.165, 1.54) is 6.26 Å². The van der Waals surface area contributed by atoms with Gasteiger partial charge in [0, 0.05) is 5.56 Å². The number of carbonyl (C=O) groups excluding carboxylic acids is 2. The molecule has 0 fully saturated rings. The summed E-state index contributed by atoms with van der Waals surface area (Å²) in [4.78, 5) is 24.1. The third-order valence-corrected chi connectivity index (χ3v) is 2.73. The van der Waals surface area contributed by atoms with Crippen LogP contribution in [0, 0.1) is 5.41 Å². The highest BCUT2D eigenvalue weighted by Crippen LogP contribution is 2.27. The lowest BCUT2D eigenvalue weighted by Gasteiger charge is -2.20. The predicted molar refractivity (Wildman–Crippen MR) is 63.3 cm³/mol. The van der Waals surface area contributed by atoms with Gasteiger partial charge in [0.25, 0.3) is 0 Å². The first kappa shape index (κ1) is 11.3. The zero-order valence-electron chi connectivity index (χ0n) is 9.42. The molecule has 0 aromatic heterocycles. The summed E-state index contributed by atoms with van der Waals surface area (Å²) < 4.78 is 4.86. The molecule has 0 bridgehead atoms. The van der Waals surface area contributed by atoms with Crippen LogP contribution >= 0.6 is 0 Å². The maximum absolute atomic E-state index is 12.3. The van der Waals surface area contributed by atoms with Crippen LogP contribution in [0.1, 0.15) is 17.3 Å². The minimum Gasteiger partial charge on any atom is -0.434 e. The van der Waals surface area contributed by atoms with E-state index in [9.17, 15) is 9.59 Å². The molecule has 1 atom stereocenters. The molecule has 1 aliphatic heterocycles. The molecule has 0 radical (unpaired) electrons. The highest BCUT2D eigenvalue weighted by molar-refractivity contribution is 6.14. The van der Waals surface area contributed by atoms with Gasteiger partial charge in [-0.1, -0.05) is 42.5 Å². The molecule has 0 N–H and O–H groups in total. The lowest BCUT2D eigenvalue weighted by molar-refractivity contribution is -0.143. The van der Waals surface area contributed by atoms with Crippen molar-refractivity contribution in [2.24, 2.45) is 5.41 Å². The van der Waals surface area contributed by atoms with Gasteiger partial charge in [-0.3, -0.25) is 9.59 Å². The average Bonchev–Trinajstić information content (AvgIpc) is 2.53. The van der Waals surface area contributed by atoms with Gasteiger partial charge in [0.05, 0.1) is 6.26 Å². The molecular weight excluding hydrogens is 216 g/mol. The third-order valence-electron chi connectivity index (χ3n) is 2.73. The Morgan fingerprint density at radius 3 is 2.59 bits per heavy atom. The summed E-state index contributed by atoms with van der Waals surface area (Å²) in [5, 5.41) is 0. The zero-order chi connectivity index (χ0) is 12.3. The molecule has 1 aliphatic rings. The molecule has 0 saturated carbocycles. The molecule has 1 heterocycles. The second kappa shape index (κ2) is 4.37. The molecule has 86 valence electrons. The summed E-state index contributed by atoms with van der Waals surface area (Å²) in [5.41, 5.74) is -0.760. The SMILES string of the molecule is CC1(C(=O)c2ccccc2)C=CC=COC1=O. The fourth-order valence-electron chi connectivity index (χ4n) is 1.64. The molecule has 0 saturated heterocycles. The molecule has 2 rings (SSSR count). The summed E-state index contributed by atoms with van der Waals surface area (Å²) in [5.74, 6) is -0.820. The van der Waals surface area contributed by atoms with Crippen LogP contribution in [-0.4, -0.2) is 11.8 Å². The Morgan fingerprint density at radius 1 is 1.18 bits per heavy atom. The minimum absolute atomic E-state index is 0.261. The Balaban J connectivity index is 2.39. The molecular formula is C14H12O3. The van der Waals surface area contributed by atoms with E-state index in [1.807, 2.05) is 6.07 Å². The van der Waals surface area contributed by atoms with Crippen LogP contribution in [-0.2, 0) is 9.53 Å². The van der Waals surface area contributed by atoms with Crippen molar-refractivity contribution in [2.75, 3.05) is 0 Å². The Bertz CT molecular complexity index is 499. The number of Topliss-reactive ketones (excluding diaryl/α,β-unsaturated/α-hetero) is 1. The summed E-state index contributed by atoms with van der Waals surface area (Å²) in [7, 11) is 0. The number of ether oxygens (including phenoxy) is 1. The molecule has 1 aromatic carbocycles. The van der Waals surface area contributed by atoms with Gasteiger partial charge >= 0.3 is 5.97 Å². The summed E-state index contributed by atoms with van der Waals surface area (Å²) in [6, 6.07) is 8.73. The second-order valence-electron chi connectivity index (χ2n) is 3.99. The Kier molecular flexibility index (Phi) is 2.91. The monoisotopic (exact) mass is 228 g/mol. The van der Waals surface area contributed by atoms with Crippen molar-refractivity contribution in [2.45, 2.75) is 6.92 Å². The van der Waals surface area contributed by atoms with E-state index in [2.05, 4.69) is 0 Å². The van der Waals surface area contributed by atoms with Crippen molar-refractivity contribution in [1.82, 2.24) is 0 Å². The summed E-state index contributed by atoms with van der Waals surface area (Å²) >= 11 is 0. The van der Waals surface area contributed by atoms with Crippen molar-refractivity contribution in [3.05, 3.63) is 60.4 Å². The number of rotatable bonds is 2. The van der Waals surface area contributed by atoms with Gasteiger partial charge in [-0.2, -0.15) is 0 Å². The first-order valence-electron chi connectivity index (χ1n) is 5.30. The number of ketones is 1. The first-order chi connectivity index (χ1) is 8.14. The van der Waals surface area contributed by atoms with Crippen LogP contribution in [0.2, 0.25) is 0 Å². The van der Waals surface area contributed by atoms with Crippen molar-refractivity contribution < 1.29 is 14.3 Å². The van der Waals surface area contributed by atoms with Crippen molar-refractivity contribution in [3.8, 4) is 0 Å². The molecule has 0 aliphatic carbocycles. The van der Waals surface area contributed by atoms with E-state index < -0.39 is 11.4 Å². The van der Waals surface area contributed by atoms with Crippen molar-refractivity contribution in [3.63, 3.8) is 0 Å². The number of carbonyl (C=O) groups is 2. The number of benzene rings is 1. The number of esters is 1. The number of hydrogen-bond acceptors (Lipinski definition) is 3. The maximum Gasteiger partial charge on any atom is 0.328 e. The molecule has 3 nitrogen and oxygen atoms in total. The number of allylic oxidation sites excluding steroid dienone is 2. The van der Waals surface area contributed by atoms with Gasteiger partial charge in [0.1, 0.15) is 5.41 Å². The standard InChI is InChI=1S/C14H12O3/c1-14(9-5-6-10-17-13(14)16)12(15)11-7-3-2-4-8-11/h2-10H,1H3. The van der Waals surface area contributed by atoms with E-state index in [1.54, 1.807) is 49.4 Å². The van der Waals surface area contributed by atoms with Gasteiger partial charge in [-0.15, -0.1) is 0 Å². The van der Waals surface area contributed by atoms with Crippen molar-refractivity contribution >= 4 is 11.8 Å². The first-order valence-corrected chi connectivity index (χ1v) is 5.30. The van der Waals surface area contributed by atoms with E-state index >= 15 is 0 Å². The predicted octanol–water partition coefficient (Wildman–Crippen LogP) is 2.50. The highest BCUT2D eigenvalue weighted by Gasteiger charge is 2.40. The largest absolute Gasteiger partial charge is 0.434 e. The molecule has 1 unspecified atom stereocenters. The Labute approximate surface area is 99.4 Å². The molecule has 0 amide bonds. The molecule has 1 aromatic rings. The smallest absolute Gasteiger partial charge is 0.328 e. The van der Waals surface area contributed by atoms with E-state index in [0.717, 1.165) is 0 Å². The molecule has 17 heavy (non-hydrogen) atoms. The van der Waals surface area contributed by atoms with Gasteiger partial charge in [0.2, 0.25) is 0 Å².